The number of carbonyl (C=O) groups is 1. The lowest BCUT2D eigenvalue weighted by atomic mass is 9.73. The van der Waals surface area contributed by atoms with Crippen LogP contribution in [0.25, 0.3) is 0 Å². The third kappa shape index (κ3) is 2.54. The molecule has 1 saturated carbocycles. The lowest BCUT2D eigenvalue weighted by Gasteiger charge is -2.29. The lowest BCUT2D eigenvalue weighted by Crippen LogP contribution is -2.42. The minimum absolute atomic E-state index is 0.0702. The van der Waals surface area contributed by atoms with Crippen LogP contribution in [0.15, 0.2) is 0 Å². The largest absolute Gasteiger partial charge is 0.370 e. The SMILES string of the molecule is Cc1nsnc1C(=O)NC[C@H]1[C@H]2CN(C3CCCC3)C[C@]23CC[C@H]1O3. The topological polar surface area (TPSA) is 67.4 Å². The predicted molar refractivity (Wildman–Crippen MR) is 94.6 cm³/mol. The van der Waals surface area contributed by atoms with E-state index in [4.69, 9.17) is 4.74 Å². The van der Waals surface area contributed by atoms with E-state index in [1.807, 2.05) is 6.92 Å². The standard InChI is InChI=1S/C18H26N4O2S/c1-11-16(21-25-20-11)17(23)19-8-13-14-9-22(12-4-2-3-5-12)10-18(14)7-6-15(13)24-18/h12-15H,2-10H2,1H3,(H,19,23)/t13-,14+,15+,18+/m0/s1. The van der Waals surface area contributed by atoms with Crippen LogP contribution in [0.5, 0.6) is 0 Å². The maximum atomic E-state index is 12.4. The van der Waals surface area contributed by atoms with Crippen molar-refractivity contribution < 1.29 is 9.53 Å². The quantitative estimate of drug-likeness (QED) is 0.887. The van der Waals surface area contributed by atoms with E-state index in [1.165, 1.54) is 32.1 Å². The molecule has 4 aliphatic rings. The second-order valence-electron chi connectivity index (χ2n) is 8.31. The zero-order valence-electron chi connectivity index (χ0n) is 14.7. The molecule has 0 aromatic carbocycles. The Morgan fingerprint density at radius 1 is 1.36 bits per heavy atom. The average molecular weight is 362 g/mol. The van der Waals surface area contributed by atoms with Gasteiger partial charge < -0.3 is 10.1 Å². The van der Waals surface area contributed by atoms with E-state index in [1.54, 1.807) is 0 Å². The van der Waals surface area contributed by atoms with Crippen LogP contribution in [0.1, 0.15) is 54.7 Å². The first-order chi connectivity index (χ1) is 12.2. The molecular weight excluding hydrogens is 336 g/mol. The van der Waals surface area contributed by atoms with Crippen LogP contribution in [0.3, 0.4) is 0 Å². The fourth-order valence-electron chi connectivity index (χ4n) is 5.78. The van der Waals surface area contributed by atoms with E-state index in [0.717, 1.165) is 43.0 Å². The predicted octanol–water partition coefficient (Wildman–Crippen LogP) is 2.00. The minimum atomic E-state index is -0.0891. The van der Waals surface area contributed by atoms with E-state index < -0.39 is 0 Å². The van der Waals surface area contributed by atoms with E-state index in [0.29, 0.717) is 30.2 Å². The number of hydrogen-bond donors (Lipinski definition) is 1. The number of rotatable bonds is 4. The van der Waals surface area contributed by atoms with Gasteiger partial charge in [0, 0.05) is 37.5 Å². The molecule has 1 amide bonds. The normalized spacial score (nSPS) is 37.7. The van der Waals surface area contributed by atoms with Gasteiger partial charge in [-0.15, -0.1) is 0 Å². The molecular formula is C18H26N4O2S. The highest BCUT2D eigenvalue weighted by Crippen LogP contribution is 2.55. The molecule has 1 N–H and O–H groups in total. The summed E-state index contributed by atoms with van der Waals surface area (Å²) in [5, 5.41) is 3.11. The molecule has 4 heterocycles. The van der Waals surface area contributed by atoms with Crippen molar-refractivity contribution in [3.05, 3.63) is 11.4 Å². The molecule has 25 heavy (non-hydrogen) atoms. The summed E-state index contributed by atoms with van der Waals surface area (Å²) in [5.41, 5.74) is 1.26. The van der Waals surface area contributed by atoms with Crippen molar-refractivity contribution in [1.82, 2.24) is 19.0 Å². The first-order valence-corrected chi connectivity index (χ1v) is 10.4. The zero-order valence-corrected chi connectivity index (χ0v) is 15.6. The van der Waals surface area contributed by atoms with E-state index in [9.17, 15) is 4.79 Å². The number of nitrogens with one attached hydrogen (secondary N) is 1. The molecule has 1 spiro atoms. The summed E-state index contributed by atoms with van der Waals surface area (Å²) in [6.45, 7) is 4.80. The Morgan fingerprint density at radius 3 is 2.96 bits per heavy atom. The molecule has 4 atom stereocenters. The smallest absolute Gasteiger partial charge is 0.272 e. The van der Waals surface area contributed by atoms with Crippen LogP contribution >= 0.6 is 11.7 Å². The van der Waals surface area contributed by atoms with E-state index in [-0.39, 0.29) is 11.5 Å². The van der Waals surface area contributed by atoms with Gasteiger partial charge in [-0.1, -0.05) is 12.8 Å². The van der Waals surface area contributed by atoms with Gasteiger partial charge in [0.25, 0.3) is 5.91 Å². The van der Waals surface area contributed by atoms with Gasteiger partial charge >= 0.3 is 0 Å². The van der Waals surface area contributed by atoms with Gasteiger partial charge in [-0.2, -0.15) is 8.75 Å². The van der Waals surface area contributed by atoms with Crippen molar-refractivity contribution in [2.75, 3.05) is 19.6 Å². The second-order valence-corrected chi connectivity index (χ2v) is 8.83. The van der Waals surface area contributed by atoms with Gasteiger partial charge in [0.05, 0.1) is 29.1 Å². The molecule has 1 aromatic heterocycles. The number of nitrogens with zero attached hydrogens (tertiary/aromatic N) is 3. The fourth-order valence-corrected chi connectivity index (χ4v) is 6.33. The van der Waals surface area contributed by atoms with Gasteiger partial charge in [0.15, 0.2) is 5.69 Å². The molecule has 3 aliphatic heterocycles. The van der Waals surface area contributed by atoms with Crippen molar-refractivity contribution in [1.29, 1.82) is 0 Å². The Labute approximate surface area is 152 Å². The summed E-state index contributed by atoms with van der Waals surface area (Å²) in [6.07, 6.45) is 8.13. The van der Waals surface area contributed by atoms with Crippen molar-refractivity contribution in [2.24, 2.45) is 11.8 Å². The second kappa shape index (κ2) is 5.99. The molecule has 4 fully saturated rings. The monoisotopic (exact) mass is 362 g/mol. The number of fused-ring (bicyclic) bond motifs is 1. The van der Waals surface area contributed by atoms with Crippen LogP contribution in [-0.2, 0) is 4.74 Å². The maximum absolute atomic E-state index is 12.4. The molecule has 0 unspecified atom stereocenters. The van der Waals surface area contributed by atoms with Crippen molar-refractivity contribution >= 4 is 17.6 Å². The van der Waals surface area contributed by atoms with Crippen molar-refractivity contribution in [3.8, 4) is 0 Å². The van der Waals surface area contributed by atoms with E-state index >= 15 is 0 Å². The number of aromatic nitrogens is 2. The first kappa shape index (κ1) is 16.1. The highest BCUT2D eigenvalue weighted by atomic mass is 32.1. The highest BCUT2D eigenvalue weighted by Gasteiger charge is 2.63. The fraction of sp³-hybridized carbons (Fsp3) is 0.833. The number of likely N-dealkylation sites (tertiary alicyclic amines) is 1. The van der Waals surface area contributed by atoms with Crippen molar-refractivity contribution in [2.45, 2.75) is 63.2 Å². The van der Waals surface area contributed by atoms with E-state index in [2.05, 4.69) is 19.0 Å². The van der Waals surface area contributed by atoms with Gasteiger partial charge in [0.1, 0.15) is 0 Å². The number of carbonyl (C=O) groups excluding carboxylic acids is 1. The Morgan fingerprint density at radius 2 is 2.20 bits per heavy atom. The molecule has 136 valence electrons. The summed E-state index contributed by atoms with van der Waals surface area (Å²) in [4.78, 5) is 15.1. The van der Waals surface area contributed by atoms with Crippen LogP contribution < -0.4 is 5.32 Å². The van der Waals surface area contributed by atoms with Crippen LogP contribution in [0, 0.1) is 18.8 Å². The third-order valence-electron chi connectivity index (χ3n) is 7.02. The van der Waals surface area contributed by atoms with Gasteiger partial charge in [-0.05, 0) is 32.6 Å². The molecule has 1 aromatic rings. The number of amides is 1. The third-order valence-corrected chi connectivity index (χ3v) is 7.64. The lowest BCUT2D eigenvalue weighted by molar-refractivity contribution is -0.000875. The molecule has 1 aliphatic carbocycles. The van der Waals surface area contributed by atoms with Crippen molar-refractivity contribution in [3.63, 3.8) is 0 Å². The summed E-state index contributed by atoms with van der Waals surface area (Å²) in [6, 6.07) is 0.765. The zero-order chi connectivity index (χ0) is 17.0. The molecule has 3 saturated heterocycles. The van der Waals surface area contributed by atoms with Gasteiger partial charge in [0.2, 0.25) is 0 Å². The average Bonchev–Trinajstić information content (AvgIpc) is 3.37. The Balaban J connectivity index is 1.27. The number of aryl methyl sites for hydroxylation is 1. The van der Waals surface area contributed by atoms with Crippen LogP contribution in [-0.4, -0.2) is 56.9 Å². The highest BCUT2D eigenvalue weighted by molar-refractivity contribution is 6.99. The first-order valence-electron chi connectivity index (χ1n) is 9.65. The maximum Gasteiger partial charge on any atom is 0.272 e. The Bertz CT molecular complexity index is 674. The minimum Gasteiger partial charge on any atom is -0.370 e. The number of hydrogen-bond acceptors (Lipinski definition) is 6. The molecule has 6 nitrogen and oxygen atoms in total. The van der Waals surface area contributed by atoms with Gasteiger partial charge in [-0.3, -0.25) is 9.69 Å². The molecule has 0 radical (unpaired) electrons. The molecule has 2 bridgehead atoms. The summed E-state index contributed by atoms with van der Waals surface area (Å²) in [7, 11) is 0. The number of ether oxygens (including phenoxy) is 1. The summed E-state index contributed by atoms with van der Waals surface area (Å²) < 4.78 is 14.7. The molecule has 5 rings (SSSR count). The van der Waals surface area contributed by atoms with Crippen LogP contribution in [0.2, 0.25) is 0 Å². The molecule has 7 heteroatoms. The van der Waals surface area contributed by atoms with Crippen LogP contribution in [0.4, 0.5) is 0 Å². The summed E-state index contributed by atoms with van der Waals surface area (Å²) >= 11 is 1.10. The Kier molecular flexibility index (Phi) is 3.87. The van der Waals surface area contributed by atoms with Gasteiger partial charge in [-0.25, -0.2) is 0 Å². The summed E-state index contributed by atoms with van der Waals surface area (Å²) in [5.74, 6) is 0.923. The Hall–Kier alpha value is -1.05.